The van der Waals surface area contributed by atoms with E-state index in [1.54, 1.807) is 29.3 Å². The number of halogens is 1. The molecule has 2 aliphatic rings. The minimum atomic E-state index is -0.0299. The fraction of sp³-hybridized carbons (Fsp3) is 0.312. The van der Waals surface area contributed by atoms with Gasteiger partial charge in [0.15, 0.2) is 11.6 Å². The molecule has 8 heteroatoms. The van der Waals surface area contributed by atoms with E-state index in [1.807, 2.05) is 4.90 Å². The maximum absolute atomic E-state index is 12.7. The quantitative estimate of drug-likeness (QED) is 0.539. The van der Waals surface area contributed by atoms with Crippen LogP contribution in [-0.2, 0) is 4.74 Å². The second-order valence-electron chi connectivity index (χ2n) is 5.43. The monoisotopic (exact) mass is 439 g/mol. The summed E-state index contributed by atoms with van der Waals surface area (Å²) in [4.78, 5) is 23.0. The Labute approximate surface area is 153 Å². The van der Waals surface area contributed by atoms with Gasteiger partial charge in [-0.25, -0.2) is 0 Å². The zero-order valence-electron chi connectivity index (χ0n) is 13.3. The van der Waals surface area contributed by atoms with Crippen LogP contribution in [0, 0.1) is 0 Å². The molecule has 1 aromatic carbocycles. The summed E-state index contributed by atoms with van der Waals surface area (Å²) in [6.45, 7) is 2.98. The van der Waals surface area contributed by atoms with Gasteiger partial charge in [0.25, 0.3) is 5.91 Å². The number of benzene rings is 1. The van der Waals surface area contributed by atoms with Gasteiger partial charge >= 0.3 is 0 Å². The van der Waals surface area contributed by atoms with Crippen LogP contribution in [0.4, 0.5) is 5.69 Å². The third-order valence-electron chi connectivity index (χ3n) is 3.80. The molecule has 2 aliphatic heterocycles. The van der Waals surface area contributed by atoms with E-state index in [4.69, 9.17) is 10.5 Å². The summed E-state index contributed by atoms with van der Waals surface area (Å²) < 4.78 is 7.49. The van der Waals surface area contributed by atoms with Crippen molar-refractivity contribution in [3.63, 3.8) is 0 Å². The number of hydrogen-bond donors (Lipinski definition) is 2. The van der Waals surface area contributed by atoms with Gasteiger partial charge in [0, 0.05) is 54.1 Å². The van der Waals surface area contributed by atoms with Gasteiger partial charge < -0.3 is 20.7 Å². The molecule has 126 valence electrons. The number of amidine groups is 1. The second kappa shape index (κ2) is 7.31. The van der Waals surface area contributed by atoms with Crippen molar-refractivity contribution in [3.8, 4) is 0 Å². The van der Waals surface area contributed by atoms with Crippen molar-refractivity contribution in [3.05, 3.63) is 39.2 Å². The topological polar surface area (TPSA) is 92.3 Å². The average Bonchev–Trinajstić information content (AvgIpc) is 3.05. The number of anilines is 1. The Morgan fingerprint density at radius 2 is 2.17 bits per heavy atom. The van der Waals surface area contributed by atoms with Crippen molar-refractivity contribution >= 4 is 45.9 Å². The first-order valence-electron chi connectivity index (χ1n) is 7.57. The number of rotatable bonds is 2. The fourth-order valence-corrected chi connectivity index (χ4v) is 3.03. The third kappa shape index (κ3) is 3.44. The lowest BCUT2D eigenvalue weighted by Gasteiger charge is -2.27. The summed E-state index contributed by atoms with van der Waals surface area (Å²) in [6, 6.07) is 5.20. The number of ether oxygens (including phenoxy) is 1. The largest absolute Gasteiger partial charge is 0.434 e. The molecule has 0 aromatic heterocycles. The number of nitrogens with one attached hydrogen (secondary N) is 1. The third-order valence-corrected chi connectivity index (χ3v) is 4.36. The Kier molecular flexibility index (Phi) is 5.14. The smallest absolute Gasteiger partial charge is 0.254 e. The molecular weight excluding hydrogens is 421 g/mol. The first-order valence-corrected chi connectivity index (χ1v) is 8.82. The van der Waals surface area contributed by atoms with Crippen LogP contribution < -0.4 is 11.1 Å². The van der Waals surface area contributed by atoms with Crippen LogP contribution in [0.2, 0.25) is 0 Å². The maximum atomic E-state index is 12.7. The highest BCUT2D eigenvalue weighted by molar-refractivity contribution is 14.1. The van der Waals surface area contributed by atoms with Crippen molar-refractivity contribution in [2.45, 2.75) is 0 Å². The van der Waals surface area contributed by atoms with Gasteiger partial charge in [-0.15, -0.1) is 0 Å². The number of aliphatic imine (C=N–C) groups is 2. The van der Waals surface area contributed by atoms with Crippen LogP contribution in [0.5, 0.6) is 0 Å². The first-order chi connectivity index (χ1) is 11.6. The van der Waals surface area contributed by atoms with Crippen LogP contribution in [-0.4, -0.2) is 55.8 Å². The van der Waals surface area contributed by atoms with Crippen LogP contribution in [0.15, 0.2) is 38.0 Å². The molecule has 1 aromatic rings. The molecule has 3 N–H and O–H groups in total. The lowest BCUT2D eigenvalue weighted by molar-refractivity contribution is 0.0736. The first kappa shape index (κ1) is 16.9. The highest BCUT2D eigenvalue weighted by Gasteiger charge is 2.24. The Morgan fingerprint density at radius 3 is 2.79 bits per heavy atom. The summed E-state index contributed by atoms with van der Waals surface area (Å²) in [5, 5.41) is 3.23. The number of carbonyl (C=O) groups excluding carboxylic acids is 1. The molecule has 0 spiro atoms. The van der Waals surface area contributed by atoms with E-state index in [2.05, 4.69) is 37.9 Å². The number of nitrogen functional groups attached to an aromatic ring is 1. The number of piperazine rings is 1. The molecule has 24 heavy (non-hydrogen) atoms. The lowest BCUT2D eigenvalue weighted by Crippen LogP contribution is -2.46. The molecule has 3 rings (SSSR count). The van der Waals surface area contributed by atoms with E-state index in [9.17, 15) is 4.79 Å². The molecule has 0 saturated carbocycles. The van der Waals surface area contributed by atoms with E-state index >= 15 is 0 Å². The molecule has 0 bridgehead atoms. The molecule has 0 radical (unpaired) electrons. The van der Waals surface area contributed by atoms with Crippen LogP contribution >= 0.6 is 22.6 Å². The van der Waals surface area contributed by atoms with Crippen LogP contribution in [0.1, 0.15) is 15.9 Å². The van der Waals surface area contributed by atoms with E-state index < -0.39 is 0 Å². The van der Waals surface area contributed by atoms with Crippen molar-refractivity contribution < 1.29 is 9.53 Å². The van der Waals surface area contributed by atoms with Gasteiger partial charge in [0.1, 0.15) is 0 Å². The second-order valence-corrected chi connectivity index (χ2v) is 6.05. The predicted octanol–water partition coefficient (Wildman–Crippen LogP) is 1.40. The Morgan fingerprint density at radius 1 is 1.42 bits per heavy atom. The SMILES string of the molecule is CN=C1N=C(c2cc(N)cc(C(=O)N3CCNCC3)c2)O/C1=C/I. The molecule has 1 saturated heterocycles. The molecule has 1 amide bonds. The zero-order chi connectivity index (χ0) is 17.1. The molecule has 0 aliphatic carbocycles. The minimum absolute atomic E-state index is 0.0299. The van der Waals surface area contributed by atoms with Gasteiger partial charge in [-0.05, 0) is 40.8 Å². The average molecular weight is 439 g/mol. The van der Waals surface area contributed by atoms with E-state index in [0.717, 1.165) is 13.1 Å². The Bertz CT molecular complexity index is 751. The highest BCUT2D eigenvalue weighted by atomic mass is 127. The number of amides is 1. The van der Waals surface area contributed by atoms with Gasteiger partial charge in [-0.1, -0.05) is 0 Å². The maximum Gasteiger partial charge on any atom is 0.254 e. The molecule has 2 heterocycles. The van der Waals surface area contributed by atoms with E-state index in [0.29, 0.717) is 47.4 Å². The highest BCUT2D eigenvalue weighted by Crippen LogP contribution is 2.22. The Balaban J connectivity index is 1.91. The van der Waals surface area contributed by atoms with Crippen molar-refractivity contribution in [2.24, 2.45) is 9.98 Å². The van der Waals surface area contributed by atoms with Crippen LogP contribution in [0.25, 0.3) is 0 Å². The standard InChI is InChI=1S/C16H18IN5O2/c1-19-14-13(9-17)24-15(21-14)10-6-11(8-12(18)7-10)16(23)22-4-2-20-3-5-22/h6-9,20H,2-5,18H2,1H3/b13-9+,19-14?. The number of hydrogen-bond acceptors (Lipinski definition) is 5. The summed E-state index contributed by atoms with van der Waals surface area (Å²) >= 11 is 2.08. The van der Waals surface area contributed by atoms with Gasteiger partial charge in [0.2, 0.25) is 5.90 Å². The van der Waals surface area contributed by atoms with E-state index in [1.165, 1.54) is 0 Å². The van der Waals surface area contributed by atoms with Crippen LogP contribution in [0.3, 0.4) is 0 Å². The predicted molar refractivity (Wildman–Crippen MR) is 103 cm³/mol. The number of nitrogens with zero attached hydrogens (tertiary/aromatic N) is 3. The number of carbonyl (C=O) groups is 1. The number of nitrogens with two attached hydrogens (primary N) is 1. The summed E-state index contributed by atoms with van der Waals surface area (Å²) in [6.07, 6.45) is 0. The van der Waals surface area contributed by atoms with Crippen molar-refractivity contribution in [1.82, 2.24) is 10.2 Å². The zero-order valence-corrected chi connectivity index (χ0v) is 15.4. The van der Waals surface area contributed by atoms with Gasteiger partial charge in [-0.2, -0.15) is 4.99 Å². The lowest BCUT2D eigenvalue weighted by atomic mass is 10.1. The summed E-state index contributed by atoms with van der Waals surface area (Å²) in [5.74, 6) is 1.49. The minimum Gasteiger partial charge on any atom is -0.434 e. The van der Waals surface area contributed by atoms with Gasteiger partial charge in [0.05, 0.1) is 0 Å². The Hall–Kier alpha value is -1.94. The summed E-state index contributed by atoms with van der Waals surface area (Å²) in [7, 11) is 1.66. The molecular formula is C16H18IN5O2. The molecule has 7 nitrogen and oxygen atoms in total. The van der Waals surface area contributed by atoms with Crippen molar-refractivity contribution in [2.75, 3.05) is 39.0 Å². The molecule has 0 unspecified atom stereocenters. The fourth-order valence-electron chi connectivity index (χ4n) is 2.63. The molecule has 1 fully saturated rings. The normalized spacial score (nSPS) is 21.1. The van der Waals surface area contributed by atoms with Gasteiger partial charge in [-0.3, -0.25) is 9.79 Å². The van der Waals surface area contributed by atoms with E-state index in [-0.39, 0.29) is 5.91 Å². The van der Waals surface area contributed by atoms with Crippen molar-refractivity contribution in [1.29, 1.82) is 0 Å². The summed E-state index contributed by atoms with van der Waals surface area (Å²) in [5.41, 5.74) is 7.70. The molecule has 0 atom stereocenters.